The molecule has 0 saturated heterocycles. The third-order valence-electron chi connectivity index (χ3n) is 4.88. The highest BCUT2D eigenvalue weighted by molar-refractivity contribution is 7.98. The predicted molar refractivity (Wildman–Crippen MR) is 147 cm³/mol. The largest absolute Gasteiger partial charge is 0.453 e. The third-order valence-corrected chi connectivity index (χ3v) is 6.52. The Bertz CT molecular complexity index is 976. The molecule has 0 aliphatic heterocycles. The van der Waals surface area contributed by atoms with Gasteiger partial charge in [0.2, 0.25) is 0 Å². The molecule has 8 heteroatoms. The Morgan fingerprint density at radius 1 is 0.857 bits per heavy atom. The van der Waals surface area contributed by atoms with E-state index in [-0.39, 0.29) is 17.9 Å². The Morgan fingerprint density at radius 3 is 1.86 bits per heavy atom. The minimum atomic E-state index is -0.604. The molecule has 1 N–H and O–H groups in total. The van der Waals surface area contributed by atoms with Crippen LogP contribution in [0.15, 0.2) is 65.8 Å². The van der Waals surface area contributed by atoms with Crippen molar-refractivity contribution < 1.29 is 19.1 Å². The van der Waals surface area contributed by atoms with Gasteiger partial charge in [-0.15, -0.1) is 23.5 Å². The lowest BCUT2D eigenvalue weighted by molar-refractivity contribution is -0.143. The first-order valence-corrected chi connectivity index (χ1v) is 13.7. The number of carbonyl (C=O) groups excluding carboxylic acids is 2. The van der Waals surface area contributed by atoms with Crippen molar-refractivity contribution in [3.63, 3.8) is 0 Å². The van der Waals surface area contributed by atoms with E-state index in [1.807, 2.05) is 0 Å². The van der Waals surface area contributed by atoms with Gasteiger partial charge in [0.1, 0.15) is 24.0 Å². The molecule has 0 heterocycles. The summed E-state index contributed by atoms with van der Waals surface area (Å²) in [7, 11) is 0. The number of nitrogens with one attached hydrogen (secondary N) is 1. The second kappa shape index (κ2) is 16.1. The number of aliphatic imine (C=N–C) groups is 1. The first-order chi connectivity index (χ1) is 16.8. The molecule has 0 radical (unpaired) electrons. The number of nitrogens with zero attached hydrogens (tertiary/aromatic N) is 1. The summed E-state index contributed by atoms with van der Waals surface area (Å²) < 4.78 is 10.6. The number of rotatable bonds is 14. The Hall–Kier alpha value is -2.71. The molecule has 6 nitrogen and oxygen atoms in total. The lowest BCUT2D eigenvalue weighted by atomic mass is 10.2. The van der Waals surface area contributed by atoms with E-state index < -0.39 is 12.1 Å². The smallest absolute Gasteiger partial charge is 0.331 e. The topological polar surface area (TPSA) is 77.0 Å². The third kappa shape index (κ3) is 12.0. The highest BCUT2D eigenvalue weighted by atomic mass is 32.2. The molecular formula is C27H34N2O4S2. The minimum absolute atomic E-state index is 0.285. The van der Waals surface area contributed by atoms with Gasteiger partial charge in [-0.2, -0.15) is 0 Å². The van der Waals surface area contributed by atoms with E-state index in [1.165, 1.54) is 40.2 Å². The SMILES string of the molecule is Cc1ccc(CSCOC(=O)[C@H](C)N=C/C=C/N[C@@H](C)C(=O)OCSCc2ccc(C)cc2)cc1. The second-order valence-electron chi connectivity index (χ2n) is 8.05. The molecule has 35 heavy (non-hydrogen) atoms. The Balaban J connectivity index is 1.56. The number of hydrogen-bond acceptors (Lipinski definition) is 8. The van der Waals surface area contributed by atoms with E-state index in [9.17, 15) is 9.59 Å². The van der Waals surface area contributed by atoms with Crippen molar-refractivity contribution in [1.29, 1.82) is 0 Å². The lowest BCUT2D eigenvalue weighted by Gasteiger charge is -2.11. The summed E-state index contributed by atoms with van der Waals surface area (Å²) in [5.41, 5.74) is 4.84. The van der Waals surface area contributed by atoms with Gasteiger partial charge in [-0.25, -0.2) is 9.59 Å². The van der Waals surface area contributed by atoms with Crippen LogP contribution in [0.1, 0.15) is 36.1 Å². The molecule has 0 aliphatic carbocycles. The molecule has 0 aromatic heterocycles. The zero-order chi connectivity index (χ0) is 25.5. The summed E-state index contributed by atoms with van der Waals surface area (Å²) in [5.74, 6) is 1.45. The van der Waals surface area contributed by atoms with Crippen LogP contribution in [0.4, 0.5) is 0 Å². The van der Waals surface area contributed by atoms with Crippen LogP contribution in [0.25, 0.3) is 0 Å². The van der Waals surface area contributed by atoms with Gasteiger partial charge in [-0.3, -0.25) is 4.99 Å². The van der Waals surface area contributed by atoms with Crippen molar-refractivity contribution in [2.45, 2.75) is 51.3 Å². The number of allylic oxidation sites excluding steroid dienone is 1. The van der Waals surface area contributed by atoms with Crippen LogP contribution >= 0.6 is 23.5 Å². The van der Waals surface area contributed by atoms with Crippen LogP contribution in [-0.2, 0) is 30.6 Å². The number of ether oxygens (including phenoxy) is 2. The maximum atomic E-state index is 12.1. The first kappa shape index (κ1) is 28.5. The predicted octanol–water partition coefficient (Wildman–Crippen LogP) is 5.42. The fourth-order valence-corrected chi connectivity index (χ4v) is 4.11. The van der Waals surface area contributed by atoms with E-state index in [1.54, 1.807) is 37.9 Å². The van der Waals surface area contributed by atoms with Crippen molar-refractivity contribution >= 4 is 41.7 Å². The summed E-state index contributed by atoms with van der Waals surface area (Å²) in [4.78, 5) is 28.3. The quantitative estimate of drug-likeness (QED) is 0.156. The van der Waals surface area contributed by atoms with E-state index in [2.05, 4.69) is 72.7 Å². The number of aryl methyl sites for hydroxylation is 2. The van der Waals surface area contributed by atoms with Crippen LogP contribution < -0.4 is 5.32 Å². The standard InChI is InChI=1S/C27H34N2O4S2/c1-20-6-10-24(11-7-20)16-34-18-32-26(30)22(3)28-14-5-15-29-23(4)27(31)33-19-35-17-25-12-8-21(2)9-13-25/h5-15,22-23,28H,16-19H2,1-4H3/b14-5+,29-15?/t22-,23-/m0/s1. The molecular weight excluding hydrogens is 480 g/mol. The molecule has 2 aromatic rings. The Morgan fingerprint density at radius 2 is 1.34 bits per heavy atom. The van der Waals surface area contributed by atoms with Gasteiger partial charge in [0.15, 0.2) is 0 Å². The monoisotopic (exact) mass is 514 g/mol. The zero-order valence-electron chi connectivity index (χ0n) is 20.7. The van der Waals surface area contributed by atoms with Gasteiger partial charge in [0.25, 0.3) is 0 Å². The Labute approximate surface area is 217 Å². The molecule has 2 aromatic carbocycles. The molecule has 0 bridgehead atoms. The normalized spacial score (nSPS) is 13.0. The molecule has 188 valence electrons. The average Bonchev–Trinajstić information content (AvgIpc) is 2.85. The number of benzene rings is 2. The molecule has 0 saturated carbocycles. The zero-order valence-corrected chi connectivity index (χ0v) is 22.4. The van der Waals surface area contributed by atoms with Crippen molar-refractivity contribution in [3.8, 4) is 0 Å². The molecule has 0 fully saturated rings. The van der Waals surface area contributed by atoms with E-state index in [0.29, 0.717) is 5.94 Å². The summed E-state index contributed by atoms with van der Waals surface area (Å²) in [6.07, 6.45) is 4.74. The average molecular weight is 515 g/mol. The van der Waals surface area contributed by atoms with Crippen molar-refractivity contribution in [2.24, 2.45) is 4.99 Å². The molecule has 2 atom stereocenters. The number of esters is 2. The summed E-state index contributed by atoms with van der Waals surface area (Å²) in [6, 6.07) is 15.5. The number of hydrogen-bond donors (Lipinski definition) is 1. The van der Waals surface area contributed by atoms with Crippen molar-refractivity contribution in [3.05, 3.63) is 83.1 Å². The van der Waals surface area contributed by atoms with Crippen LogP contribution in [0, 0.1) is 13.8 Å². The first-order valence-electron chi connectivity index (χ1n) is 11.4. The molecule has 0 amide bonds. The highest BCUT2D eigenvalue weighted by Gasteiger charge is 2.13. The van der Waals surface area contributed by atoms with Gasteiger partial charge < -0.3 is 14.8 Å². The van der Waals surface area contributed by atoms with Crippen molar-refractivity contribution in [2.75, 3.05) is 11.9 Å². The van der Waals surface area contributed by atoms with E-state index in [4.69, 9.17) is 9.47 Å². The minimum Gasteiger partial charge on any atom is -0.453 e. The van der Waals surface area contributed by atoms with Crippen LogP contribution in [0.2, 0.25) is 0 Å². The summed E-state index contributed by atoms with van der Waals surface area (Å²) in [6.45, 7) is 7.51. The van der Waals surface area contributed by atoms with Gasteiger partial charge in [-0.1, -0.05) is 59.7 Å². The molecule has 0 spiro atoms. The van der Waals surface area contributed by atoms with Gasteiger partial charge in [0, 0.05) is 17.7 Å². The van der Waals surface area contributed by atoms with Gasteiger partial charge in [-0.05, 0) is 51.1 Å². The fraction of sp³-hybridized carbons (Fsp3) is 0.370. The molecule has 2 rings (SSSR count). The van der Waals surface area contributed by atoms with Gasteiger partial charge >= 0.3 is 11.9 Å². The van der Waals surface area contributed by atoms with E-state index in [0.717, 1.165) is 11.5 Å². The molecule has 0 unspecified atom stereocenters. The maximum Gasteiger partial charge on any atom is 0.331 e. The van der Waals surface area contributed by atoms with Crippen molar-refractivity contribution in [1.82, 2.24) is 5.32 Å². The lowest BCUT2D eigenvalue weighted by Crippen LogP contribution is -2.31. The summed E-state index contributed by atoms with van der Waals surface area (Å²) in [5, 5.41) is 2.94. The van der Waals surface area contributed by atoms with Crippen LogP contribution in [0.3, 0.4) is 0 Å². The van der Waals surface area contributed by atoms with E-state index >= 15 is 0 Å². The fourth-order valence-electron chi connectivity index (χ4n) is 2.68. The van der Waals surface area contributed by atoms with Gasteiger partial charge in [0.05, 0.1) is 0 Å². The number of thioether (sulfide) groups is 2. The summed E-state index contributed by atoms with van der Waals surface area (Å²) >= 11 is 3.08. The second-order valence-corrected chi connectivity index (χ2v) is 9.92. The Kier molecular flexibility index (Phi) is 13.1. The van der Waals surface area contributed by atoms with Crippen LogP contribution in [-0.4, -0.2) is 42.1 Å². The maximum absolute atomic E-state index is 12.1. The van der Waals surface area contributed by atoms with Crippen LogP contribution in [0.5, 0.6) is 0 Å². The number of carbonyl (C=O) groups is 2. The molecule has 0 aliphatic rings. The highest BCUT2D eigenvalue weighted by Crippen LogP contribution is 2.14.